The van der Waals surface area contributed by atoms with E-state index in [4.69, 9.17) is 5.26 Å². The number of aryl methyl sites for hydroxylation is 1. The minimum absolute atomic E-state index is 0.116. The summed E-state index contributed by atoms with van der Waals surface area (Å²) in [6.07, 6.45) is 4.21. The van der Waals surface area contributed by atoms with Crippen LogP contribution in [0.1, 0.15) is 11.3 Å². The van der Waals surface area contributed by atoms with Crippen LogP contribution < -0.4 is 5.32 Å². The third-order valence-electron chi connectivity index (χ3n) is 3.18. The van der Waals surface area contributed by atoms with E-state index in [0.717, 1.165) is 17.7 Å². The molecule has 0 saturated heterocycles. The van der Waals surface area contributed by atoms with Crippen molar-refractivity contribution in [3.05, 3.63) is 65.5 Å². The Balaban J connectivity index is 1.94. The molecule has 0 aliphatic rings. The highest BCUT2D eigenvalue weighted by atomic mass is 16.1. The zero-order valence-electron chi connectivity index (χ0n) is 11.9. The van der Waals surface area contributed by atoms with Gasteiger partial charge in [-0.25, -0.2) is 0 Å². The van der Waals surface area contributed by atoms with Gasteiger partial charge in [-0.2, -0.15) is 5.26 Å². The van der Waals surface area contributed by atoms with Crippen LogP contribution >= 0.6 is 0 Å². The van der Waals surface area contributed by atoms with E-state index >= 15 is 0 Å². The van der Waals surface area contributed by atoms with Crippen LogP contribution in [0.25, 0.3) is 6.08 Å². The molecule has 1 heterocycles. The molecule has 0 aliphatic carbocycles. The minimum atomic E-state index is -0.338. The van der Waals surface area contributed by atoms with Gasteiger partial charge in [0.25, 0.3) is 5.91 Å². The fourth-order valence-corrected chi connectivity index (χ4v) is 1.98. The molecule has 1 N–H and O–H groups in total. The monoisotopic (exact) mass is 279 g/mol. The quantitative estimate of drug-likeness (QED) is 0.674. The van der Waals surface area contributed by atoms with E-state index in [9.17, 15) is 4.79 Å². The van der Waals surface area contributed by atoms with E-state index in [1.54, 1.807) is 6.08 Å². The van der Waals surface area contributed by atoms with E-state index in [0.29, 0.717) is 6.54 Å². The van der Waals surface area contributed by atoms with Crippen LogP contribution in [0.4, 0.5) is 0 Å². The third-order valence-corrected chi connectivity index (χ3v) is 3.18. The summed E-state index contributed by atoms with van der Waals surface area (Å²) in [6.45, 7) is 0.509. The molecule has 1 amide bonds. The summed E-state index contributed by atoms with van der Waals surface area (Å²) in [6, 6.07) is 15.6. The van der Waals surface area contributed by atoms with Gasteiger partial charge in [0.05, 0.1) is 0 Å². The SMILES string of the molecule is Cn1cccc1/C=C(\C#N)C(=O)NCCc1ccccc1. The second-order valence-corrected chi connectivity index (χ2v) is 4.71. The molecule has 0 atom stereocenters. The molecule has 21 heavy (non-hydrogen) atoms. The third kappa shape index (κ3) is 4.08. The Hall–Kier alpha value is -2.80. The smallest absolute Gasteiger partial charge is 0.262 e. The molecule has 0 saturated carbocycles. The first-order valence-corrected chi connectivity index (χ1v) is 6.76. The summed E-state index contributed by atoms with van der Waals surface area (Å²) in [5.74, 6) is -0.338. The lowest BCUT2D eigenvalue weighted by atomic mass is 10.1. The molecule has 4 nitrogen and oxygen atoms in total. The fourth-order valence-electron chi connectivity index (χ4n) is 1.98. The normalized spacial score (nSPS) is 11.0. The molecule has 106 valence electrons. The van der Waals surface area contributed by atoms with Gasteiger partial charge in [-0.05, 0) is 30.2 Å². The molecule has 4 heteroatoms. The lowest BCUT2D eigenvalue weighted by Gasteiger charge is -2.05. The van der Waals surface area contributed by atoms with Crippen molar-refractivity contribution in [1.29, 1.82) is 5.26 Å². The molecule has 0 radical (unpaired) electrons. The van der Waals surface area contributed by atoms with Crippen LogP contribution in [0, 0.1) is 11.3 Å². The molecular weight excluding hydrogens is 262 g/mol. The first-order chi connectivity index (χ1) is 10.2. The predicted molar refractivity (Wildman–Crippen MR) is 82.2 cm³/mol. The predicted octanol–water partition coefficient (Wildman–Crippen LogP) is 2.29. The van der Waals surface area contributed by atoms with Gasteiger partial charge >= 0.3 is 0 Å². The van der Waals surface area contributed by atoms with Gasteiger partial charge in [-0.1, -0.05) is 30.3 Å². The molecular formula is C17H17N3O. The zero-order chi connectivity index (χ0) is 15.1. The number of carbonyl (C=O) groups excluding carboxylic acids is 1. The second-order valence-electron chi connectivity index (χ2n) is 4.71. The standard InChI is InChI=1S/C17H17N3O/c1-20-11-5-8-16(20)12-15(13-18)17(21)19-10-9-14-6-3-2-4-7-14/h2-8,11-12H,9-10H2,1H3,(H,19,21)/b15-12+. The molecule has 1 aromatic carbocycles. The summed E-state index contributed by atoms with van der Waals surface area (Å²) >= 11 is 0. The van der Waals surface area contributed by atoms with Gasteiger partial charge in [-0.3, -0.25) is 4.79 Å². The Morgan fingerprint density at radius 3 is 2.67 bits per heavy atom. The number of nitrogens with zero attached hydrogens (tertiary/aromatic N) is 2. The van der Waals surface area contributed by atoms with Crippen molar-refractivity contribution >= 4 is 12.0 Å². The van der Waals surface area contributed by atoms with Crippen molar-refractivity contribution in [2.75, 3.05) is 6.54 Å². The Kier molecular flexibility index (Phi) is 4.94. The highest BCUT2D eigenvalue weighted by Crippen LogP contribution is 2.07. The molecule has 1 aromatic heterocycles. The molecule has 0 fully saturated rings. The number of hydrogen-bond acceptors (Lipinski definition) is 2. The number of amides is 1. The van der Waals surface area contributed by atoms with E-state index < -0.39 is 0 Å². The number of rotatable bonds is 5. The van der Waals surface area contributed by atoms with Gasteiger partial charge < -0.3 is 9.88 Å². The van der Waals surface area contributed by atoms with Crippen LogP contribution in [-0.2, 0) is 18.3 Å². The van der Waals surface area contributed by atoms with Crippen molar-refractivity contribution < 1.29 is 4.79 Å². The second kappa shape index (κ2) is 7.11. The number of benzene rings is 1. The summed E-state index contributed by atoms with van der Waals surface area (Å²) in [7, 11) is 1.87. The maximum absolute atomic E-state index is 12.0. The van der Waals surface area contributed by atoms with Crippen LogP contribution in [0.5, 0.6) is 0 Å². The zero-order valence-corrected chi connectivity index (χ0v) is 11.9. The van der Waals surface area contributed by atoms with E-state index in [1.165, 1.54) is 0 Å². The van der Waals surface area contributed by atoms with Gasteiger partial charge in [0.2, 0.25) is 0 Å². The Morgan fingerprint density at radius 2 is 2.05 bits per heavy atom. The molecule has 2 aromatic rings. The number of aromatic nitrogens is 1. The summed E-state index contributed by atoms with van der Waals surface area (Å²) in [5, 5.41) is 11.9. The van der Waals surface area contributed by atoms with Gasteiger partial charge in [0.15, 0.2) is 0 Å². The first-order valence-electron chi connectivity index (χ1n) is 6.76. The molecule has 0 aliphatic heterocycles. The Bertz CT molecular complexity index is 678. The van der Waals surface area contributed by atoms with Gasteiger partial charge in [0, 0.05) is 25.5 Å². The highest BCUT2D eigenvalue weighted by Gasteiger charge is 2.09. The maximum Gasteiger partial charge on any atom is 0.262 e. The Labute approximate surface area is 124 Å². The average molecular weight is 279 g/mol. The molecule has 0 unspecified atom stereocenters. The molecule has 0 spiro atoms. The number of nitrogens with one attached hydrogen (secondary N) is 1. The van der Waals surface area contributed by atoms with Crippen LogP contribution in [-0.4, -0.2) is 17.0 Å². The molecule has 2 rings (SSSR count). The van der Waals surface area contributed by atoms with Crippen LogP contribution in [0.3, 0.4) is 0 Å². The summed E-state index contributed by atoms with van der Waals surface area (Å²) < 4.78 is 1.86. The fraction of sp³-hybridized carbons (Fsp3) is 0.176. The van der Waals surface area contributed by atoms with Crippen LogP contribution in [0.15, 0.2) is 54.2 Å². The van der Waals surface area contributed by atoms with E-state index in [1.807, 2.05) is 66.3 Å². The van der Waals surface area contributed by atoms with Gasteiger partial charge in [-0.15, -0.1) is 0 Å². The van der Waals surface area contributed by atoms with Crippen LogP contribution in [0.2, 0.25) is 0 Å². The van der Waals surface area contributed by atoms with Gasteiger partial charge in [0.1, 0.15) is 11.6 Å². The average Bonchev–Trinajstić information content (AvgIpc) is 2.91. The van der Waals surface area contributed by atoms with Crippen molar-refractivity contribution in [3.63, 3.8) is 0 Å². The molecule has 0 bridgehead atoms. The summed E-state index contributed by atoms with van der Waals surface area (Å²) in [5.41, 5.74) is 2.09. The van der Waals surface area contributed by atoms with E-state index in [2.05, 4.69) is 5.32 Å². The first kappa shape index (κ1) is 14.6. The van der Waals surface area contributed by atoms with Crippen molar-refractivity contribution in [2.24, 2.45) is 7.05 Å². The largest absolute Gasteiger partial charge is 0.351 e. The lowest BCUT2D eigenvalue weighted by molar-refractivity contribution is -0.117. The van der Waals surface area contributed by atoms with E-state index in [-0.39, 0.29) is 11.5 Å². The van der Waals surface area contributed by atoms with Crippen molar-refractivity contribution in [1.82, 2.24) is 9.88 Å². The summed E-state index contributed by atoms with van der Waals surface area (Å²) in [4.78, 5) is 12.0. The topological polar surface area (TPSA) is 57.8 Å². The lowest BCUT2D eigenvalue weighted by Crippen LogP contribution is -2.26. The minimum Gasteiger partial charge on any atom is -0.351 e. The highest BCUT2D eigenvalue weighted by molar-refractivity contribution is 6.01. The Morgan fingerprint density at radius 1 is 1.29 bits per heavy atom. The van der Waals surface area contributed by atoms with Crippen molar-refractivity contribution in [3.8, 4) is 6.07 Å². The number of nitriles is 1. The number of carbonyl (C=O) groups is 1. The number of hydrogen-bond donors (Lipinski definition) is 1. The maximum atomic E-state index is 12.0. The van der Waals surface area contributed by atoms with Crippen molar-refractivity contribution in [2.45, 2.75) is 6.42 Å².